The van der Waals surface area contributed by atoms with E-state index in [1.165, 1.54) is 0 Å². The molecule has 3 heterocycles. The third-order valence-electron chi connectivity index (χ3n) is 12.3. The van der Waals surface area contributed by atoms with Gasteiger partial charge in [-0.3, -0.25) is 4.79 Å². The first kappa shape index (κ1) is 25.6. The van der Waals surface area contributed by atoms with Gasteiger partial charge in [0.2, 0.25) is 12.1 Å². The van der Waals surface area contributed by atoms with Gasteiger partial charge in [-0.15, -0.1) is 0 Å². The highest BCUT2D eigenvalue weighted by atomic mass is 16.8. The van der Waals surface area contributed by atoms with Crippen LogP contribution >= 0.6 is 0 Å². The lowest BCUT2D eigenvalue weighted by Gasteiger charge is -2.65. The Morgan fingerprint density at radius 3 is 2.50 bits per heavy atom. The number of ketones is 1. The van der Waals surface area contributed by atoms with Crippen LogP contribution in [-0.2, 0) is 28.5 Å². The van der Waals surface area contributed by atoms with Crippen molar-refractivity contribution in [3.8, 4) is 0 Å². The predicted molar refractivity (Wildman–Crippen MR) is 131 cm³/mol. The molecule has 210 valence electrons. The molecule has 4 unspecified atom stereocenters. The molecular weight excluding hydrogens is 492 g/mol. The van der Waals surface area contributed by atoms with E-state index in [0.29, 0.717) is 31.3 Å². The van der Waals surface area contributed by atoms with Gasteiger partial charge in [-0.1, -0.05) is 13.8 Å². The minimum Gasteiger partial charge on any atom is -0.458 e. The van der Waals surface area contributed by atoms with Crippen molar-refractivity contribution in [2.45, 2.75) is 114 Å². The van der Waals surface area contributed by atoms with Crippen molar-refractivity contribution in [1.82, 2.24) is 0 Å². The lowest BCUT2D eigenvalue weighted by molar-refractivity contribution is -0.420. The summed E-state index contributed by atoms with van der Waals surface area (Å²) in [5.41, 5.74) is -0.142. The summed E-state index contributed by atoms with van der Waals surface area (Å²) in [6.07, 6.45) is 4.02. The van der Waals surface area contributed by atoms with E-state index < -0.39 is 41.8 Å². The van der Waals surface area contributed by atoms with Crippen LogP contribution in [0.3, 0.4) is 0 Å². The number of rotatable bonds is 1. The number of ether oxygens (including phenoxy) is 4. The van der Waals surface area contributed by atoms with E-state index in [4.69, 9.17) is 18.9 Å². The Balaban J connectivity index is 1.15. The molecule has 7 rings (SSSR count). The molecule has 0 spiro atoms. The fourth-order valence-electron chi connectivity index (χ4n) is 10.2. The average Bonchev–Trinajstić information content (AvgIpc) is 3.41. The van der Waals surface area contributed by atoms with Crippen molar-refractivity contribution in [2.24, 2.45) is 34.5 Å². The van der Waals surface area contributed by atoms with Gasteiger partial charge in [0.05, 0.1) is 23.9 Å². The Morgan fingerprint density at radius 1 is 0.974 bits per heavy atom. The van der Waals surface area contributed by atoms with Gasteiger partial charge in [-0.2, -0.15) is 0 Å². The lowest BCUT2D eigenvalue weighted by atomic mass is 9.43. The normalized spacial score (nSPS) is 57.6. The fraction of sp³-hybridized carbons (Fsp3) is 0.862. The molecule has 3 aliphatic heterocycles. The molecular formula is C29H40O9. The molecule has 0 aromatic heterocycles. The van der Waals surface area contributed by atoms with Crippen LogP contribution in [0, 0.1) is 34.5 Å². The molecule has 13 atom stereocenters. The van der Waals surface area contributed by atoms with Crippen LogP contribution in [0.25, 0.3) is 0 Å². The monoisotopic (exact) mass is 532 g/mol. The molecule has 0 radical (unpaired) electrons. The zero-order valence-electron chi connectivity index (χ0n) is 22.4. The summed E-state index contributed by atoms with van der Waals surface area (Å²) in [7, 11) is 0. The second-order valence-corrected chi connectivity index (χ2v) is 13.7. The summed E-state index contributed by atoms with van der Waals surface area (Å²) in [5.74, 6) is -2.42. The van der Waals surface area contributed by atoms with Crippen LogP contribution in [0.15, 0.2) is 11.6 Å². The first-order valence-electron chi connectivity index (χ1n) is 14.4. The Labute approximate surface area is 222 Å². The maximum Gasteiger partial charge on any atom is 0.331 e. The molecule has 0 bridgehead atoms. The zero-order chi connectivity index (χ0) is 26.8. The highest BCUT2D eigenvalue weighted by molar-refractivity contribution is 5.91. The van der Waals surface area contributed by atoms with Gasteiger partial charge in [-0.05, 0) is 93.0 Å². The zero-order valence-corrected chi connectivity index (χ0v) is 22.4. The number of esters is 1. The van der Waals surface area contributed by atoms with Gasteiger partial charge in [0.1, 0.15) is 12.7 Å². The molecule has 9 heteroatoms. The quantitative estimate of drug-likeness (QED) is 0.343. The van der Waals surface area contributed by atoms with Crippen molar-refractivity contribution in [2.75, 3.05) is 6.61 Å². The van der Waals surface area contributed by atoms with E-state index in [0.717, 1.165) is 44.1 Å². The van der Waals surface area contributed by atoms with Gasteiger partial charge in [0.25, 0.3) is 5.79 Å². The number of fused-ring (bicyclic) bond motifs is 7. The van der Waals surface area contributed by atoms with Crippen molar-refractivity contribution in [1.29, 1.82) is 0 Å². The van der Waals surface area contributed by atoms with Gasteiger partial charge in [-0.25, -0.2) is 4.79 Å². The SMILES string of the molecule is C[C@H]1O[C@H]2O[C@@H]3C[C@]4(C)C5CC[C@]6(C)[C@@H](C7=CC(=O)OC7)CC[C@]6(O)C5CC[C@H]4C[C@H]3OC2(O)C(=O)C1O. The van der Waals surface area contributed by atoms with E-state index in [1.54, 1.807) is 13.0 Å². The number of carbonyl (C=O) groups excluding carboxylic acids is 2. The lowest BCUT2D eigenvalue weighted by Crippen LogP contribution is -2.72. The van der Waals surface area contributed by atoms with Crippen LogP contribution in [-0.4, -0.2) is 75.8 Å². The summed E-state index contributed by atoms with van der Waals surface area (Å²) in [6.45, 7) is 6.48. The Bertz CT molecular complexity index is 1090. The first-order valence-corrected chi connectivity index (χ1v) is 14.4. The van der Waals surface area contributed by atoms with Gasteiger partial charge in [0.15, 0.2) is 0 Å². The van der Waals surface area contributed by atoms with Crippen molar-refractivity contribution in [3.63, 3.8) is 0 Å². The number of hydrogen-bond donors (Lipinski definition) is 3. The third kappa shape index (κ3) is 3.15. The molecule has 0 amide bonds. The van der Waals surface area contributed by atoms with Gasteiger partial charge < -0.3 is 34.3 Å². The highest BCUT2D eigenvalue weighted by Gasteiger charge is 2.70. The summed E-state index contributed by atoms with van der Waals surface area (Å²) in [6, 6.07) is 0. The molecule has 9 nitrogen and oxygen atoms in total. The molecule has 38 heavy (non-hydrogen) atoms. The highest BCUT2D eigenvalue weighted by Crippen LogP contribution is 2.70. The smallest absolute Gasteiger partial charge is 0.331 e. The Kier molecular flexibility index (Phi) is 5.46. The number of cyclic esters (lactones) is 1. The van der Waals surface area contributed by atoms with E-state index in [2.05, 4.69) is 13.8 Å². The minimum atomic E-state index is -2.29. The fourth-order valence-corrected chi connectivity index (χ4v) is 10.2. The number of carbonyl (C=O) groups is 2. The second-order valence-electron chi connectivity index (χ2n) is 13.7. The third-order valence-corrected chi connectivity index (χ3v) is 12.3. The minimum absolute atomic E-state index is 0.0897. The van der Waals surface area contributed by atoms with Crippen molar-refractivity contribution < 1.29 is 43.9 Å². The first-order chi connectivity index (χ1) is 17.9. The maximum atomic E-state index is 12.8. The molecule has 2 saturated heterocycles. The number of hydrogen-bond acceptors (Lipinski definition) is 9. The van der Waals surface area contributed by atoms with Crippen LogP contribution < -0.4 is 0 Å². The van der Waals surface area contributed by atoms with E-state index in [9.17, 15) is 24.9 Å². The Hall–Kier alpha value is -1.36. The summed E-state index contributed by atoms with van der Waals surface area (Å²) < 4.78 is 23.2. The second kappa shape index (κ2) is 8.10. The van der Waals surface area contributed by atoms with E-state index in [1.807, 2.05) is 0 Å². The number of Topliss-reactive ketones (excluding diaryl/α,β-unsaturated/α-hetero) is 1. The molecule has 6 fully saturated rings. The van der Waals surface area contributed by atoms with Crippen LogP contribution in [0.1, 0.15) is 72.1 Å². The largest absolute Gasteiger partial charge is 0.458 e. The maximum absolute atomic E-state index is 12.8. The van der Waals surface area contributed by atoms with Crippen LogP contribution in [0.2, 0.25) is 0 Å². The standard InChI is InChI=1S/C29H40O9/c1-14-23(31)24(32)29(34)25(36-14)37-21-12-26(2)16(11-20(21)38-29)4-5-19-18(26)6-8-27(3)17(7-9-28(19,27)33)15-10-22(30)35-13-15/h10,14,16-21,23,25,31,33-34H,4-9,11-13H2,1-3H3/t14-,16+,17-,18?,19?,20-,21-,23?,25+,26+,27-,28+,29?/m1/s1. The number of aliphatic hydroxyl groups excluding tert-OH is 1. The molecule has 4 saturated carbocycles. The van der Waals surface area contributed by atoms with Gasteiger partial charge in [0, 0.05) is 11.5 Å². The molecule has 4 aliphatic carbocycles. The topological polar surface area (TPSA) is 132 Å². The van der Waals surface area contributed by atoms with E-state index in [-0.39, 0.29) is 34.7 Å². The van der Waals surface area contributed by atoms with Crippen molar-refractivity contribution in [3.05, 3.63) is 11.6 Å². The van der Waals surface area contributed by atoms with Gasteiger partial charge >= 0.3 is 5.97 Å². The average molecular weight is 533 g/mol. The molecule has 7 aliphatic rings. The Morgan fingerprint density at radius 2 is 1.76 bits per heavy atom. The summed E-state index contributed by atoms with van der Waals surface area (Å²) >= 11 is 0. The summed E-state index contributed by atoms with van der Waals surface area (Å²) in [4.78, 5) is 24.6. The molecule has 3 N–H and O–H groups in total. The van der Waals surface area contributed by atoms with E-state index >= 15 is 0 Å². The summed E-state index contributed by atoms with van der Waals surface area (Å²) in [5, 5.41) is 33.7. The van der Waals surface area contributed by atoms with Crippen LogP contribution in [0.4, 0.5) is 0 Å². The van der Waals surface area contributed by atoms with Crippen molar-refractivity contribution >= 4 is 11.8 Å². The number of aliphatic hydroxyl groups is 3. The molecule has 0 aromatic carbocycles. The molecule has 0 aromatic rings. The predicted octanol–water partition coefficient (Wildman–Crippen LogP) is 2.00. The van der Waals surface area contributed by atoms with Crippen LogP contribution in [0.5, 0.6) is 0 Å².